The summed E-state index contributed by atoms with van der Waals surface area (Å²) in [4.78, 5) is 0. The fourth-order valence-electron chi connectivity index (χ4n) is 2.00. The molecule has 3 heteroatoms. The van der Waals surface area contributed by atoms with Gasteiger partial charge in [-0.1, -0.05) is 13.8 Å². The second-order valence-electron chi connectivity index (χ2n) is 4.04. The van der Waals surface area contributed by atoms with Crippen LogP contribution in [0.4, 0.5) is 0 Å². The second-order valence-corrected chi connectivity index (χ2v) is 4.04. The van der Waals surface area contributed by atoms with Crippen molar-refractivity contribution in [1.29, 1.82) is 0 Å². The van der Waals surface area contributed by atoms with Crippen molar-refractivity contribution in [3.8, 4) is 0 Å². The van der Waals surface area contributed by atoms with Crippen molar-refractivity contribution in [1.82, 2.24) is 5.32 Å². The fraction of sp³-hybridized carbons (Fsp3) is 0.500. The summed E-state index contributed by atoms with van der Waals surface area (Å²) in [5, 5.41) is 3.35. The van der Waals surface area contributed by atoms with Gasteiger partial charge in [0.15, 0.2) is 0 Å². The molecule has 1 aliphatic rings. The number of likely N-dealkylation sites (N-methyl/N-ethyl adjacent to an activating group) is 1. The molecule has 0 aliphatic carbocycles. The number of hydrogen-bond acceptors (Lipinski definition) is 2. The number of nitrogens with one attached hydrogen (secondary N) is 1. The maximum atomic E-state index is 5.29. The third-order valence-electron chi connectivity index (χ3n) is 2.99. The van der Waals surface area contributed by atoms with Crippen LogP contribution in [0.1, 0.15) is 16.7 Å². The standard InChI is InChI=1S/C12H16NO.Rf/c1-9-4-5-11(10(2)6-9)12(13-3)7-14-8-12;/h5-6,13H,7-8H2,1-3H3;/q-1;. The molecule has 0 atom stereocenters. The Morgan fingerprint density at radius 1 is 1.40 bits per heavy atom. The molecular weight excluding hydrogens is 441 g/mol. The molecule has 2 rings (SSSR count). The van der Waals surface area contributed by atoms with E-state index in [2.05, 4.69) is 37.4 Å². The molecule has 1 aliphatic heterocycles. The Labute approximate surface area is 85.3 Å². The first-order valence-corrected chi connectivity index (χ1v) is 4.94. The average Bonchev–Trinajstić information content (AvgIpc) is 2.07. The van der Waals surface area contributed by atoms with E-state index in [4.69, 9.17) is 4.74 Å². The van der Waals surface area contributed by atoms with Crippen LogP contribution >= 0.6 is 0 Å². The van der Waals surface area contributed by atoms with Crippen molar-refractivity contribution in [3.63, 3.8) is 0 Å². The molecule has 0 radical (unpaired) electrons. The molecule has 1 heterocycles. The van der Waals surface area contributed by atoms with Crippen molar-refractivity contribution in [2.24, 2.45) is 0 Å². The van der Waals surface area contributed by atoms with E-state index in [0.29, 0.717) is 0 Å². The molecule has 0 amide bonds. The van der Waals surface area contributed by atoms with E-state index in [0.717, 1.165) is 13.2 Å². The molecule has 0 unspecified atom stereocenters. The number of benzene rings is 1. The van der Waals surface area contributed by atoms with Gasteiger partial charge in [-0.3, -0.25) is 0 Å². The first-order chi connectivity index (χ1) is 6.68. The summed E-state index contributed by atoms with van der Waals surface area (Å²) in [6.07, 6.45) is 0. The number of rotatable bonds is 2. The minimum atomic E-state index is 0. The maximum absolute atomic E-state index is 5.29. The van der Waals surface area contributed by atoms with Gasteiger partial charge in [0.2, 0.25) is 0 Å². The molecule has 0 aromatic heterocycles. The van der Waals surface area contributed by atoms with Gasteiger partial charge in [0.05, 0.1) is 13.2 Å². The van der Waals surface area contributed by atoms with Crippen LogP contribution in [-0.4, -0.2) is 20.3 Å². The Bertz CT molecular complexity index is 342. The van der Waals surface area contributed by atoms with E-state index in [9.17, 15) is 0 Å². The van der Waals surface area contributed by atoms with Crippen molar-refractivity contribution in [2.45, 2.75) is 19.4 Å². The molecule has 78 valence electrons. The van der Waals surface area contributed by atoms with Gasteiger partial charge in [-0.15, -0.1) is 5.56 Å². The SMILES string of the molecule is CNC1(c2c[c-]c(C)cc2C)COC1.[Rf]. The van der Waals surface area contributed by atoms with Crippen LogP contribution in [0.2, 0.25) is 0 Å². The monoisotopic (exact) mass is 457 g/mol. The molecule has 0 bridgehead atoms. The van der Waals surface area contributed by atoms with Crippen LogP contribution in [0.3, 0.4) is 0 Å². The first kappa shape index (κ1) is 11.2. The van der Waals surface area contributed by atoms with Crippen molar-refractivity contribution >= 4 is 0 Å². The molecule has 1 saturated heterocycles. The van der Waals surface area contributed by atoms with E-state index in [-0.39, 0.29) is 5.54 Å². The summed E-state index contributed by atoms with van der Waals surface area (Å²) in [7, 11) is 1.99. The topological polar surface area (TPSA) is 21.3 Å². The Morgan fingerprint density at radius 2 is 2.07 bits per heavy atom. The zero-order valence-corrected chi connectivity index (χ0v) is 16.1. The Kier molecular flexibility index (Phi) is 2.78. The average molecular weight is 457 g/mol. The van der Waals surface area contributed by atoms with Gasteiger partial charge >= 0.3 is 0 Å². The first-order valence-electron chi connectivity index (χ1n) is 4.94. The zero-order valence-electron chi connectivity index (χ0n) is 9.68. The van der Waals surface area contributed by atoms with Gasteiger partial charge in [0.1, 0.15) is 0 Å². The zero-order chi connectivity index (χ0) is 10.2. The van der Waals surface area contributed by atoms with Gasteiger partial charge in [-0.05, 0) is 7.05 Å². The van der Waals surface area contributed by atoms with Crippen LogP contribution in [-0.2, 0) is 10.3 Å². The number of ether oxygens (including phenoxy) is 1. The Hall–Kier alpha value is -1.86. The summed E-state index contributed by atoms with van der Waals surface area (Å²) in [6.45, 7) is 5.75. The molecule has 1 aromatic carbocycles. The summed E-state index contributed by atoms with van der Waals surface area (Å²) in [6, 6.07) is 7.51. The summed E-state index contributed by atoms with van der Waals surface area (Å²) < 4.78 is 5.29. The van der Waals surface area contributed by atoms with Crippen LogP contribution in [0.15, 0.2) is 12.1 Å². The van der Waals surface area contributed by atoms with E-state index in [1.54, 1.807) is 0 Å². The third kappa shape index (κ3) is 1.58. The Balaban J connectivity index is 0.00000112. The fourth-order valence-corrected chi connectivity index (χ4v) is 2.00. The van der Waals surface area contributed by atoms with Crippen LogP contribution < -0.4 is 5.32 Å². The van der Waals surface area contributed by atoms with Gasteiger partial charge < -0.3 is 10.1 Å². The maximum Gasteiger partial charge on any atom is 0.0605 e. The number of aryl methyl sites for hydroxylation is 2. The van der Waals surface area contributed by atoms with Gasteiger partial charge in [-0.2, -0.15) is 29.3 Å². The largest absolute Gasteiger partial charge is 0.379 e. The minimum Gasteiger partial charge on any atom is -0.379 e. The molecule has 0 spiro atoms. The summed E-state index contributed by atoms with van der Waals surface area (Å²) in [5.74, 6) is 0. The van der Waals surface area contributed by atoms with Gasteiger partial charge in [0.25, 0.3) is 0 Å². The predicted molar refractivity (Wildman–Crippen MR) is 56.3 cm³/mol. The smallest absolute Gasteiger partial charge is 0.0605 e. The molecule has 15 heavy (non-hydrogen) atoms. The van der Waals surface area contributed by atoms with Crippen molar-refractivity contribution < 1.29 is 4.74 Å². The van der Waals surface area contributed by atoms with E-state index >= 15 is 0 Å². The second kappa shape index (κ2) is 3.71. The third-order valence-corrected chi connectivity index (χ3v) is 2.99. The molecule has 2 nitrogen and oxygen atoms in total. The minimum absolute atomic E-state index is 0. The normalized spacial score (nSPS) is 17.8. The Morgan fingerprint density at radius 3 is 2.47 bits per heavy atom. The van der Waals surface area contributed by atoms with Crippen LogP contribution in [0.5, 0.6) is 0 Å². The van der Waals surface area contributed by atoms with Crippen LogP contribution in [0.25, 0.3) is 0 Å². The van der Waals surface area contributed by atoms with E-state index < -0.39 is 0 Å². The number of hydrogen-bond donors (Lipinski definition) is 1. The quantitative estimate of drug-likeness (QED) is 0.681. The van der Waals surface area contributed by atoms with E-state index in [1.807, 2.05) is 7.05 Å². The van der Waals surface area contributed by atoms with Crippen molar-refractivity contribution in [3.05, 3.63) is 34.9 Å². The van der Waals surface area contributed by atoms with Gasteiger partial charge in [-0.25, -0.2) is 0 Å². The summed E-state index contributed by atoms with van der Waals surface area (Å²) in [5.41, 5.74) is 3.86. The van der Waals surface area contributed by atoms with Crippen molar-refractivity contribution in [2.75, 3.05) is 20.3 Å². The molecular formula is C12H16NORf-. The predicted octanol–water partition coefficient (Wildman–Crippen LogP) is 1.55. The molecule has 1 N–H and O–H groups in total. The summed E-state index contributed by atoms with van der Waals surface area (Å²) >= 11 is 0. The molecule has 1 aromatic rings. The van der Waals surface area contributed by atoms with Crippen LogP contribution in [0, 0.1) is 19.9 Å². The molecule has 1 fully saturated rings. The van der Waals surface area contributed by atoms with Gasteiger partial charge in [0, 0.05) is 5.54 Å². The van der Waals surface area contributed by atoms with E-state index in [1.165, 1.54) is 16.7 Å². The molecule has 0 saturated carbocycles.